The third-order valence-corrected chi connectivity index (χ3v) is 2.90. The predicted molar refractivity (Wildman–Crippen MR) is 68.4 cm³/mol. The molecular formula is C10H7Br2N3O. The van der Waals surface area contributed by atoms with E-state index in [4.69, 9.17) is 10.5 Å². The Morgan fingerprint density at radius 2 is 1.88 bits per heavy atom. The molecule has 0 radical (unpaired) electrons. The number of hydrogen-bond acceptors (Lipinski definition) is 4. The highest BCUT2D eigenvalue weighted by Crippen LogP contribution is 2.32. The summed E-state index contributed by atoms with van der Waals surface area (Å²) in [6.07, 6.45) is 3.04. The standard InChI is InChI=1S/C10H7Br2N3O/c11-6-1-2-8(7(12)5-6)16-10-9(13)14-3-4-15-10/h1-5H,(H2,13,14). The molecule has 0 saturated carbocycles. The summed E-state index contributed by atoms with van der Waals surface area (Å²) in [7, 11) is 0. The van der Waals surface area contributed by atoms with Crippen LogP contribution < -0.4 is 10.5 Å². The Morgan fingerprint density at radius 3 is 2.56 bits per heavy atom. The second kappa shape index (κ2) is 4.80. The first-order valence-corrected chi connectivity index (χ1v) is 5.95. The third kappa shape index (κ3) is 2.51. The lowest BCUT2D eigenvalue weighted by Gasteiger charge is -2.07. The van der Waals surface area contributed by atoms with Gasteiger partial charge in [0.25, 0.3) is 5.88 Å². The molecule has 2 N–H and O–H groups in total. The first-order chi connectivity index (χ1) is 7.66. The zero-order chi connectivity index (χ0) is 11.5. The fourth-order valence-electron chi connectivity index (χ4n) is 1.08. The lowest BCUT2D eigenvalue weighted by atomic mass is 10.3. The lowest BCUT2D eigenvalue weighted by Crippen LogP contribution is -1.97. The summed E-state index contributed by atoms with van der Waals surface area (Å²) in [4.78, 5) is 7.88. The molecule has 0 unspecified atom stereocenters. The van der Waals surface area contributed by atoms with Crippen LogP contribution in [0.15, 0.2) is 39.5 Å². The number of ether oxygens (including phenoxy) is 1. The number of nitrogens with two attached hydrogens (primary N) is 1. The van der Waals surface area contributed by atoms with Crippen LogP contribution in [0.25, 0.3) is 0 Å². The Balaban J connectivity index is 2.31. The largest absolute Gasteiger partial charge is 0.435 e. The molecule has 0 aliphatic carbocycles. The maximum absolute atomic E-state index is 5.63. The van der Waals surface area contributed by atoms with E-state index in [9.17, 15) is 0 Å². The lowest BCUT2D eigenvalue weighted by molar-refractivity contribution is 0.460. The SMILES string of the molecule is Nc1nccnc1Oc1ccc(Br)cc1Br. The van der Waals surface area contributed by atoms with Crippen LogP contribution in [0.4, 0.5) is 5.82 Å². The van der Waals surface area contributed by atoms with Crippen molar-refractivity contribution in [3.63, 3.8) is 0 Å². The minimum Gasteiger partial charge on any atom is -0.435 e. The van der Waals surface area contributed by atoms with Gasteiger partial charge < -0.3 is 10.5 Å². The van der Waals surface area contributed by atoms with Gasteiger partial charge in [0.15, 0.2) is 5.82 Å². The van der Waals surface area contributed by atoms with E-state index in [1.807, 2.05) is 18.2 Å². The zero-order valence-corrected chi connectivity index (χ0v) is 11.2. The van der Waals surface area contributed by atoms with Gasteiger partial charge in [-0.2, -0.15) is 0 Å². The number of anilines is 1. The van der Waals surface area contributed by atoms with Crippen molar-refractivity contribution in [3.05, 3.63) is 39.5 Å². The number of hydrogen-bond donors (Lipinski definition) is 1. The molecule has 1 aromatic carbocycles. The molecule has 82 valence electrons. The molecule has 4 nitrogen and oxygen atoms in total. The maximum Gasteiger partial charge on any atom is 0.262 e. The van der Waals surface area contributed by atoms with E-state index < -0.39 is 0 Å². The third-order valence-electron chi connectivity index (χ3n) is 1.79. The van der Waals surface area contributed by atoms with E-state index in [1.165, 1.54) is 12.4 Å². The van der Waals surface area contributed by atoms with Crippen LogP contribution in [-0.4, -0.2) is 9.97 Å². The summed E-state index contributed by atoms with van der Waals surface area (Å²) in [6, 6.07) is 5.55. The topological polar surface area (TPSA) is 61.0 Å². The van der Waals surface area contributed by atoms with Gasteiger partial charge in [-0.1, -0.05) is 15.9 Å². The van der Waals surface area contributed by atoms with Crippen molar-refractivity contribution in [2.75, 3.05) is 5.73 Å². The predicted octanol–water partition coefficient (Wildman–Crippen LogP) is 3.38. The van der Waals surface area contributed by atoms with Gasteiger partial charge in [0.2, 0.25) is 0 Å². The number of aromatic nitrogens is 2. The van der Waals surface area contributed by atoms with Crippen molar-refractivity contribution in [1.29, 1.82) is 0 Å². The average Bonchev–Trinajstić information content (AvgIpc) is 2.25. The number of rotatable bonds is 2. The van der Waals surface area contributed by atoms with E-state index in [2.05, 4.69) is 41.8 Å². The van der Waals surface area contributed by atoms with Gasteiger partial charge in [0, 0.05) is 16.9 Å². The fraction of sp³-hybridized carbons (Fsp3) is 0. The van der Waals surface area contributed by atoms with Crippen molar-refractivity contribution >= 4 is 37.7 Å². The Bertz CT molecular complexity index is 519. The highest BCUT2D eigenvalue weighted by Gasteiger charge is 2.07. The Kier molecular flexibility index (Phi) is 3.40. The molecule has 0 amide bonds. The van der Waals surface area contributed by atoms with Crippen LogP contribution >= 0.6 is 31.9 Å². The number of nitrogen functional groups attached to an aromatic ring is 1. The van der Waals surface area contributed by atoms with Gasteiger partial charge in [-0.25, -0.2) is 9.97 Å². The monoisotopic (exact) mass is 343 g/mol. The van der Waals surface area contributed by atoms with Crippen LogP contribution in [0.5, 0.6) is 11.6 Å². The van der Waals surface area contributed by atoms with Crippen molar-refractivity contribution in [2.45, 2.75) is 0 Å². The normalized spacial score (nSPS) is 10.1. The Labute approximate surface area is 109 Å². The fourth-order valence-corrected chi connectivity index (χ4v) is 2.20. The van der Waals surface area contributed by atoms with E-state index >= 15 is 0 Å². The van der Waals surface area contributed by atoms with Crippen LogP contribution in [0.2, 0.25) is 0 Å². The summed E-state index contributed by atoms with van der Waals surface area (Å²) in [5, 5.41) is 0. The molecule has 0 spiro atoms. The highest BCUT2D eigenvalue weighted by molar-refractivity contribution is 9.11. The van der Waals surface area contributed by atoms with Gasteiger partial charge in [0.05, 0.1) is 4.47 Å². The van der Waals surface area contributed by atoms with E-state index in [0.29, 0.717) is 11.6 Å². The second-order valence-corrected chi connectivity index (χ2v) is 4.69. The summed E-state index contributed by atoms with van der Waals surface area (Å²) < 4.78 is 7.30. The van der Waals surface area contributed by atoms with E-state index in [-0.39, 0.29) is 5.82 Å². The van der Waals surface area contributed by atoms with Crippen molar-refractivity contribution in [1.82, 2.24) is 9.97 Å². The number of halogens is 2. The van der Waals surface area contributed by atoms with Crippen molar-refractivity contribution in [3.8, 4) is 11.6 Å². The molecule has 0 saturated heterocycles. The molecule has 6 heteroatoms. The second-order valence-electron chi connectivity index (χ2n) is 2.92. The zero-order valence-electron chi connectivity index (χ0n) is 8.02. The summed E-state index contributed by atoms with van der Waals surface area (Å²) in [5.74, 6) is 1.19. The molecule has 0 aliphatic rings. The average molecular weight is 345 g/mol. The first-order valence-electron chi connectivity index (χ1n) is 4.36. The molecule has 1 aromatic heterocycles. The highest BCUT2D eigenvalue weighted by atomic mass is 79.9. The van der Waals surface area contributed by atoms with Crippen LogP contribution in [0.3, 0.4) is 0 Å². The van der Waals surface area contributed by atoms with Gasteiger partial charge in [-0.3, -0.25) is 0 Å². The summed E-state index contributed by atoms with van der Waals surface area (Å²) in [6.45, 7) is 0. The molecule has 1 heterocycles. The quantitative estimate of drug-likeness (QED) is 0.907. The maximum atomic E-state index is 5.63. The van der Waals surface area contributed by atoms with Gasteiger partial charge in [-0.05, 0) is 34.1 Å². The van der Waals surface area contributed by atoms with E-state index in [1.54, 1.807) is 0 Å². The molecule has 0 aliphatic heterocycles. The van der Waals surface area contributed by atoms with Gasteiger partial charge in [0.1, 0.15) is 5.75 Å². The number of benzene rings is 1. The van der Waals surface area contributed by atoms with Crippen LogP contribution in [0.1, 0.15) is 0 Å². The van der Waals surface area contributed by atoms with Gasteiger partial charge in [-0.15, -0.1) is 0 Å². The number of nitrogens with zero attached hydrogens (tertiary/aromatic N) is 2. The minimum absolute atomic E-state index is 0.261. The molecule has 0 fully saturated rings. The van der Waals surface area contributed by atoms with E-state index in [0.717, 1.165) is 8.95 Å². The summed E-state index contributed by atoms with van der Waals surface area (Å²) in [5.41, 5.74) is 5.63. The molecule has 16 heavy (non-hydrogen) atoms. The Hall–Kier alpha value is -1.14. The molecular weight excluding hydrogens is 338 g/mol. The van der Waals surface area contributed by atoms with Crippen LogP contribution in [-0.2, 0) is 0 Å². The Morgan fingerprint density at radius 1 is 1.12 bits per heavy atom. The van der Waals surface area contributed by atoms with Crippen LogP contribution in [0, 0.1) is 0 Å². The molecule has 2 aromatic rings. The van der Waals surface area contributed by atoms with Crippen molar-refractivity contribution < 1.29 is 4.74 Å². The molecule has 2 rings (SSSR count). The van der Waals surface area contributed by atoms with Crippen molar-refractivity contribution in [2.24, 2.45) is 0 Å². The summed E-state index contributed by atoms with van der Waals surface area (Å²) >= 11 is 6.74. The van der Waals surface area contributed by atoms with Gasteiger partial charge >= 0.3 is 0 Å². The minimum atomic E-state index is 0.261. The smallest absolute Gasteiger partial charge is 0.262 e. The molecule has 0 atom stereocenters. The first kappa shape index (κ1) is 11.3. The molecule has 0 bridgehead atoms.